The van der Waals surface area contributed by atoms with E-state index in [1.54, 1.807) is 25.3 Å². The first-order valence-corrected chi connectivity index (χ1v) is 8.47. The third-order valence-electron chi connectivity index (χ3n) is 4.10. The number of methoxy groups -OCH3 is 1. The predicted octanol–water partition coefficient (Wildman–Crippen LogP) is 5.35. The van der Waals surface area contributed by atoms with Crippen LogP contribution < -0.4 is 4.74 Å². The molecule has 0 spiro atoms. The Morgan fingerprint density at radius 2 is 1.84 bits per heavy atom. The Bertz CT molecular complexity index is 797. The van der Waals surface area contributed by atoms with E-state index in [2.05, 4.69) is 19.9 Å². The lowest BCUT2D eigenvalue weighted by molar-refractivity contribution is 0.403. The van der Waals surface area contributed by atoms with Crippen molar-refractivity contribution >= 4 is 12.2 Å². The Hall–Kier alpha value is -2.68. The summed E-state index contributed by atoms with van der Waals surface area (Å²) in [5.41, 5.74) is 5.11. The Balaban J connectivity index is 2.43. The molecule has 2 aromatic carbocycles. The number of phenolic OH excluding ortho intramolecular Hbond substituents is 2. The van der Waals surface area contributed by atoms with E-state index in [0.29, 0.717) is 11.5 Å². The highest BCUT2D eigenvalue weighted by atomic mass is 16.5. The second-order valence-corrected chi connectivity index (χ2v) is 6.28. The molecule has 3 nitrogen and oxygen atoms in total. The number of rotatable bonds is 6. The Labute approximate surface area is 149 Å². The van der Waals surface area contributed by atoms with Crippen molar-refractivity contribution in [2.75, 3.05) is 7.11 Å². The first-order valence-electron chi connectivity index (χ1n) is 8.47. The standard InChI is InChI=1S/C22H26O3/c1-5-17-12-16(8-11-21(17)24)7-9-18-13-19(23)14-22(25-4)20(18)10-6-15(2)3/h6-9,11-14,23-24H,5,10H2,1-4H3. The van der Waals surface area contributed by atoms with Gasteiger partial charge in [-0.1, -0.05) is 36.8 Å². The molecule has 2 N–H and O–H groups in total. The maximum absolute atomic E-state index is 9.98. The van der Waals surface area contributed by atoms with E-state index in [9.17, 15) is 10.2 Å². The minimum absolute atomic E-state index is 0.178. The Morgan fingerprint density at radius 3 is 2.48 bits per heavy atom. The molecule has 0 aliphatic carbocycles. The van der Waals surface area contributed by atoms with E-state index in [1.807, 2.05) is 31.2 Å². The van der Waals surface area contributed by atoms with Crippen molar-refractivity contribution in [2.45, 2.75) is 33.6 Å². The van der Waals surface area contributed by atoms with E-state index in [4.69, 9.17) is 4.74 Å². The fourth-order valence-electron chi connectivity index (χ4n) is 2.69. The van der Waals surface area contributed by atoms with Crippen molar-refractivity contribution in [2.24, 2.45) is 0 Å². The summed E-state index contributed by atoms with van der Waals surface area (Å²) in [6, 6.07) is 8.95. The molecular formula is C22H26O3. The van der Waals surface area contributed by atoms with Crippen molar-refractivity contribution < 1.29 is 14.9 Å². The molecule has 0 atom stereocenters. The normalized spacial score (nSPS) is 10.9. The topological polar surface area (TPSA) is 49.7 Å². The molecule has 0 saturated heterocycles. The van der Waals surface area contributed by atoms with Crippen LogP contribution in [0.1, 0.15) is 43.0 Å². The highest BCUT2D eigenvalue weighted by Crippen LogP contribution is 2.31. The van der Waals surface area contributed by atoms with Crippen LogP contribution in [0.15, 0.2) is 42.0 Å². The number of ether oxygens (including phenoxy) is 1. The summed E-state index contributed by atoms with van der Waals surface area (Å²) in [4.78, 5) is 0. The maximum atomic E-state index is 9.98. The minimum Gasteiger partial charge on any atom is -0.508 e. The Morgan fingerprint density at radius 1 is 1.08 bits per heavy atom. The molecule has 0 amide bonds. The number of aromatic hydroxyl groups is 2. The van der Waals surface area contributed by atoms with Crippen LogP contribution in [0.25, 0.3) is 12.2 Å². The van der Waals surface area contributed by atoms with Crippen molar-refractivity contribution in [1.82, 2.24) is 0 Å². The SMILES string of the molecule is CCc1cc(C=Cc2cc(O)cc(OC)c2CC=C(C)C)ccc1O. The minimum atomic E-state index is 0.178. The van der Waals surface area contributed by atoms with E-state index >= 15 is 0 Å². The Kier molecular flexibility index (Phi) is 6.29. The molecule has 0 heterocycles. The molecule has 132 valence electrons. The van der Waals surface area contributed by atoms with Crippen molar-refractivity contribution in [1.29, 1.82) is 0 Å². The van der Waals surface area contributed by atoms with Gasteiger partial charge in [0.15, 0.2) is 0 Å². The zero-order valence-electron chi connectivity index (χ0n) is 15.3. The van der Waals surface area contributed by atoms with Crippen LogP contribution in [0.3, 0.4) is 0 Å². The molecule has 0 aliphatic rings. The molecule has 0 saturated carbocycles. The second kappa shape index (κ2) is 8.43. The maximum Gasteiger partial charge on any atom is 0.126 e. The van der Waals surface area contributed by atoms with Gasteiger partial charge in [0, 0.05) is 11.6 Å². The summed E-state index contributed by atoms with van der Waals surface area (Å²) in [6.45, 7) is 6.14. The largest absolute Gasteiger partial charge is 0.508 e. The number of hydrogen-bond acceptors (Lipinski definition) is 3. The molecule has 0 aliphatic heterocycles. The molecule has 0 aromatic heterocycles. The van der Waals surface area contributed by atoms with E-state index in [0.717, 1.165) is 35.1 Å². The van der Waals surface area contributed by atoms with Crippen LogP contribution in [-0.2, 0) is 12.8 Å². The number of benzene rings is 2. The van der Waals surface area contributed by atoms with Crippen LogP contribution in [0.5, 0.6) is 17.2 Å². The molecule has 0 unspecified atom stereocenters. The van der Waals surface area contributed by atoms with Crippen LogP contribution >= 0.6 is 0 Å². The lowest BCUT2D eigenvalue weighted by Gasteiger charge is -2.12. The molecule has 0 fully saturated rings. The van der Waals surface area contributed by atoms with E-state index in [1.165, 1.54) is 5.57 Å². The molecule has 0 radical (unpaired) electrons. The van der Waals surface area contributed by atoms with Gasteiger partial charge in [-0.05, 0) is 61.6 Å². The van der Waals surface area contributed by atoms with Gasteiger partial charge in [-0.15, -0.1) is 0 Å². The summed E-state index contributed by atoms with van der Waals surface area (Å²) in [5, 5.41) is 19.8. The van der Waals surface area contributed by atoms with Crippen LogP contribution in [0, 0.1) is 0 Å². The first kappa shape index (κ1) is 18.7. The average molecular weight is 338 g/mol. The van der Waals surface area contributed by atoms with Gasteiger partial charge in [0.05, 0.1) is 7.11 Å². The summed E-state index contributed by atoms with van der Waals surface area (Å²) < 4.78 is 5.45. The summed E-state index contributed by atoms with van der Waals surface area (Å²) in [6.07, 6.45) is 7.61. The van der Waals surface area contributed by atoms with Gasteiger partial charge in [-0.3, -0.25) is 0 Å². The summed E-state index contributed by atoms with van der Waals surface area (Å²) in [5.74, 6) is 1.18. The van der Waals surface area contributed by atoms with Gasteiger partial charge in [0.2, 0.25) is 0 Å². The van der Waals surface area contributed by atoms with Gasteiger partial charge in [0.25, 0.3) is 0 Å². The third-order valence-corrected chi connectivity index (χ3v) is 4.10. The zero-order chi connectivity index (χ0) is 18.4. The lowest BCUT2D eigenvalue weighted by Crippen LogP contribution is -1.95. The van der Waals surface area contributed by atoms with Gasteiger partial charge in [0.1, 0.15) is 17.2 Å². The van der Waals surface area contributed by atoms with Crippen LogP contribution in [0.2, 0.25) is 0 Å². The lowest BCUT2D eigenvalue weighted by atomic mass is 9.99. The van der Waals surface area contributed by atoms with Gasteiger partial charge in [-0.2, -0.15) is 0 Å². The number of allylic oxidation sites excluding steroid dienone is 2. The van der Waals surface area contributed by atoms with Crippen LogP contribution in [-0.4, -0.2) is 17.3 Å². The smallest absolute Gasteiger partial charge is 0.126 e. The molecule has 0 bridgehead atoms. The fourth-order valence-corrected chi connectivity index (χ4v) is 2.69. The quantitative estimate of drug-likeness (QED) is 0.551. The average Bonchev–Trinajstić information content (AvgIpc) is 2.59. The van der Waals surface area contributed by atoms with E-state index < -0.39 is 0 Å². The number of hydrogen-bond donors (Lipinski definition) is 2. The molecule has 2 rings (SSSR count). The number of aryl methyl sites for hydroxylation is 1. The van der Waals surface area contributed by atoms with Crippen molar-refractivity contribution in [3.05, 3.63) is 64.2 Å². The fraction of sp³-hybridized carbons (Fsp3) is 0.273. The molecule has 3 heteroatoms. The molecular weight excluding hydrogens is 312 g/mol. The highest BCUT2D eigenvalue weighted by Gasteiger charge is 2.09. The predicted molar refractivity (Wildman–Crippen MR) is 104 cm³/mol. The summed E-state index contributed by atoms with van der Waals surface area (Å²) >= 11 is 0. The molecule has 2 aromatic rings. The van der Waals surface area contributed by atoms with Crippen LogP contribution in [0.4, 0.5) is 0 Å². The molecule has 25 heavy (non-hydrogen) atoms. The highest BCUT2D eigenvalue weighted by molar-refractivity contribution is 5.74. The third kappa shape index (κ3) is 4.90. The van der Waals surface area contributed by atoms with Crippen molar-refractivity contribution in [3.63, 3.8) is 0 Å². The van der Waals surface area contributed by atoms with Gasteiger partial charge in [-0.25, -0.2) is 0 Å². The van der Waals surface area contributed by atoms with Gasteiger partial charge >= 0.3 is 0 Å². The number of phenols is 2. The first-order chi connectivity index (χ1) is 11.9. The monoisotopic (exact) mass is 338 g/mol. The zero-order valence-corrected chi connectivity index (χ0v) is 15.3. The van der Waals surface area contributed by atoms with Gasteiger partial charge < -0.3 is 14.9 Å². The van der Waals surface area contributed by atoms with Crippen molar-refractivity contribution in [3.8, 4) is 17.2 Å². The summed E-state index contributed by atoms with van der Waals surface area (Å²) in [7, 11) is 1.61. The van der Waals surface area contributed by atoms with E-state index in [-0.39, 0.29) is 5.75 Å². The second-order valence-electron chi connectivity index (χ2n) is 6.28.